The average molecular weight is 256 g/mol. The summed E-state index contributed by atoms with van der Waals surface area (Å²) in [6.07, 6.45) is 0. The number of aromatic nitrogens is 1. The van der Waals surface area contributed by atoms with Crippen LogP contribution in [0.15, 0.2) is 24.3 Å². The second-order valence-corrected chi connectivity index (χ2v) is 4.72. The van der Waals surface area contributed by atoms with Gasteiger partial charge in [0, 0.05) is 23.5 Å². The summed E-state index contributed by atoms with van der Waals surface area (Å²) in [5.41, 5.74) is 6.11. The van der Waals surface area contributed by atoms with Gasteiger partial charge in [-0.1, -0.05) is 12.1 Å². The quantitative estimate of drug-likeness (QED) is 0.605. The molecule has 0 N–H and O–H groups in total. The molecule has 4 nitrogen and oxygen atoms in total. The van der Waals surface area contributed by atoms with Gasteiger partial charge in [-0.15, -0.1) is 0 Å². The van der Waals surface area contributed by atoms with Crippen LogP contribution in [0, 0.1) is 37.8 Å². The Balaban J connectivity index is 2.72. The molecular formula is C15H16N2O2. The van der Waals surface area contributed by atoms with E-state index in [1.807, 2.05) is 33.8 Å². The zero-order valence-electron chi connectivity index (χ0n) is 11.5. The van der Waals surface area contributed by atoms with Gasteiger partial charge in [-0.25, -0.2) is 0 Å². The first-order chi connectivity index (χ1) is 8.91. The van der Waals surface area contributed by atoms with Crippen molar-refractivity contribution in [3.05, 3.63) is 56.9 Å². The van der Waals surface area contributed by atoms with Gasteiger partial charge >= 0.3 is 0 Å². The van der Waals surface area contributed by atoms with Crippen molar-refractivity contribution in [1.82, 2.24) is 4.98 Å². The summed E-state index contributed by atoms with van der Waals surface area (Å²) < 4.78 is 0. The Hall–Kier alpha value is -2.23. The van der Waals surface area contributed by atoms with Gasteiger partial charge in [-0.3, -0.25) is 15.1 Å². The number of non-ortho nitro benzene ring substituents is 1. The van der Waals surface area contributed by atoms with Crippen molar-refractivity contribution >= 4 is 5.69 Å². The van der Waals surface area contributed by atoms with Crippen LogP contribution in [0.25, 0.3) is 11.1 Å². The van der Waals surface area contributed by atoms with Gasteiger partial charge in [0.1, 0.15) is 0 Å². The minimum atomic E-state index is -0.366. The number of nitro groups is 1. The Labute approximate surface area is 112 Å². The van der Waals surface area contributed by atoms with Crippen LogP contribution >= 0.6 is 0 Å². The summed E-state index contributed by atoms with van der Waals surface area (Å²) in [5, 5.41) is 10.9. The largest absolute Gasteiger partial charge is 0.270 e. The molecule has 0 amide bonds. The lowest BCUT2D eigenvalue weighted by atomic mass is 9.94. The minimum absolute atomic E-state index is 0.114. The van der Waals surface area contributed by atoms with Crippen molar-refractivity contribution < 1.29 is 4.92 Å². The summed E-state index contributed by atoms with van der Waals surface area (Å²) in [5.74, 6) is 0. The maximum Gasteiger partial charge on any atom is 0.270 e. The average Bonchev–Trinajstić information content (AvgIpc) is 2.37. The molecule has 4 heteroatoms. The standard InChI is InChI=1S/C15H16N2O2/c1-9-11(3)16-12(4)10(2)15(9)13-6-5-7-14(8-13)17(18)19/h5-8H,1-4H3. The molecule has 98 valence electrons. The van der Waals surface area contributed by atoms with E-state index in [0.29, 0.717) is 0 Å². The predicted molar refractivity (Wildman–Crippen MR) is 75.3 cm³/mol. The topological polar surface area (TPSA) is 56.0 Å². The Morgan fingerprint density at radius 1 is 1.05 bits per heavy atom. The molecule has 1 aromatic carbocycles. The third-order valence-corrected chi connectivity index (χ3v) is 3.52. The molecule has 0 radical (unpaired) electrons. The number of aryl methyl sites for hydroxylation is 2. The number of nitro benzene ring substituents is 1. The smallest absolute Gasteiger partial charge is 0.258 e. The Bertz CT molecular complexity index is 637. The number of rotatable bonds is 2. The van der Waals surface area contributed by atoms with Crippen LogP contribution in [0.2, 0.25) is 0 Å². The van der Waals surface area contributed by atoms with Gasteiger partial charge in [0.15, 0.2) is 0 Å². The molecule has 0 saturated carbocycles. The van der Waals surface area contributed by atoms with Crippen molar-refractivity contribution in [2.24, 2.45) is 0 Å². The van der Waals surface area contributed by atoms with Gasteiger partial charge in [0.25, 0.3) is 5.69 Å². The van der Waals surface area contributed by atoms with Crippen LogP contribution in [0.4, 0.5) is 5.69 Å². The van der Waals surface area contributed by atoms with Crippen LogP contribution in [0.3, 0.4) is 0 Å². The first-order valence-corrected chi connectivity index (χ1v) is 6.11. The normalized spacial score (nSPS) is 10.5. The lowest BCUT2D eigenvalue weighted by Crippen LogP contribution is -1.99. The van der Waals surface area contributed by atoms with E-state index in [0.717, 1.165) is 33.6 Å². The highest BCUT2D eigenvalue weighted by atomic mass is 16.6. The summed E-state index contributed by atoms with van der Waals surface area (Å²) in [7, 11) is 0. The van der Waals surface area contributed by atoms with Crippen LogP contribution < -0.4 is 0 Å². The summed E-state index contributed by atoms with van der Waals surface area (Å²) in [4.78, 5) is 15.0. The fraction of sp³-hybridized carbons (Fsp3) is 0.267. The van der Waals surface area contributed by atoms with E-state index in [-0.39, 0.29) is 10.6 Å². The lowest BCUT2D eigenvalue weighted by molar-refractivity contribution is -0.384. The molecule has 0 unspecified atom stereocenters. The molecule has 19 heavy (non-hydrogen) atoms. The number of hydrogen-bond donors (Lipinski definition) is 0. The second kappa shape index (κ2) is 4.80. The number of benzene rings is 1. The van der Waals surface area contributed by atoms with Crippen LogP contribution in [-0.2, 0) is 0 Å². The van der Waals surface area contributed by atoms with Crippen molar-refractivity contribution in [2.45, 2.75) is 27.7 Å². The third kappa shape index (κ3) is 2.34. The van der Waals surface area contributed by atoms with Gasteiger partial charge < -0.3 is 0 Å². The van der Waals surface area contributed by atoms with Crippen molar-refractivity contribution in [3.63, 3.8) is 0 Å². The third-order valence-electron chi connectivity index (χ3n) is 3.52. The van der Waals surface area contributed by atoms with E-state index in [4.69, 9.17) is 0 Å². The fourth-order valence-corrected chi connectivity index (χ4v) is 2.27. The lowest BCUT2D eigenvalue weighted by Gasteiger charge is -2.14. The second-order valence-electron chi connectivity index (χ2n) is 4.72. The van der Waals surface area contributed by atoms with E-state index in [1.54, 1.807) is 12.1 Å². The maximum atomic E-state index is 10.9. The molecule has 0 aliphatic carbocycles. The molecule has 0 aliphatic rings. The fourth-order valence-electron chi connectivity index (χ4n) is 2.27. The Kier molecular flexibility index (Phi) is 3.34. The van der Waals surface area contributed by atoms with Gasteiger partial charge in [-0.2, -0.15) is 0 Å². The van der Waals surface area contributed by atoms with Crippen molar-refractivity contribution in [3.8, 4) is 11.1 Å². The Morgan fingerprint density at radius 2 is 1.63 bits per heavy atom. The summed E-state index contributed by atoms with van der Waals surface area (Å²) >= 11 is 0. The van der Waals surface area contributed by atoms with Gasteiger partial charge in [-0.05, 0) is 49.9 Å². The summed E-state index contributed by atoms with van der Waals surface area (Å²) in [6, 6.07) is 6.75. The van der Waals surface area contributed by atoms with Crippen LogP contribution in [0.1, 0.15) is 22.5 Å². The molecule has 2 rings (SSSR count). The molecule has 0 aliphatic heterocycles. The number of nitrogens with zero attached hydrogens (tertiary/aromatic N) is 2. The SMILES string of the molecule is Cc1nc(C)c(C)c(-c2cccc([N+](=O)[O-])c2)c1C. The highest BCUT2D eigenvalue weighted by molar-refractivity contribution is 5.73. The number of hydrogen-bond acceptors (Lipinski definition) is 3. The molecular weight excluding hydrogens is 240 g/mol. The first kappa shape index (κ1) is 13.2. The highest BCUT2D eigenvalue weighted by Crippen LogP contribution is 2.31. The molecule has 1 heterocycles. The zero-order chi connectivity index (χ0) is 14.2. The van der Waals surface area contributed by atoms with E-state index in [1.165, 1.54) is 6.07 Å². The van der Waals surface area contributed by atoms with Crippen LogP contribution in [-0.4, -0.2) is 9.91 Å². The Morgan fingerprint density at radius 3 is 2.16 bits per heavy atom. The summed E-state index contributed by atoms with van der Waals surface area (Å²) in [6.45, 7) is 7.93. The molecule has 0 fully saturated rings. The van der Waals surface area contributed by atoms with Crippen LogP contribution in [0.5, 0.6) is 0 Å². The van der Waals surface area contributed by atoms with Crippen molar-refractivity contribution in [1.29, 1.82) is 0 Å². The first-order valence-electron chi connectivity index (χ1n) is 6.11. The number of pyridine rings is 1. The highest BCUT2D eigenvalue weighted by Gasteiger charge is 2.14. The van der Waals surface area contributed by atoms with Gasteiger partial charge in [0.2, 0.25) is 0 Å². The zero-order valence-corrected chi connectivity index (χ0v) is 11.5. The van der Waals surface area contributed by atoms with Crippen molar-refractivity contribution in [2.75, 3.05) is 0 Å². The maximum absolute atomic E-state index is 10.9. The van der Waals surface area contributed by atoms with E-state index in [9.17, 15) is 10.1 Å². The predicted octanol–water partition coefficient (Wildman–Crippen LogP) is 3.89. The van der Waals surface area contributed by atoms with Gasteiger partial charge in [0.05, 0.1) is 4.92 Å². The van der Waals surface area contributed by atoms with E-state index < -0.39 is 0 Å². The van der Waals surface area contributed by atoms with E-state index in [2.05, 4.69) is 4.98 Å². The minimum Gasteiger partial charge on any atom is -0.258 e. The molecule has 0 bridgehead atoms. The molecule has 0 saturated heterocycles. The molecule has 2 aromatic rings. The monoisotopic (exact) mass is 256 g/mol. The molecule has 0 spiro atoms. The van der Waals surface area contributed by atoms with E-state index >= 15 is 0 Å². The molecule has 1 aromatic heterocycles. The molecule has 0 atom stereocenters.